The van der Waals surface area contributed by atoms with E-state index in [0.717, 1.165) is 11.1 Å². The van der Waals surface area contributed by atoms with Crippen molar-refractivity contribution >= 4 is 11.9 Å². The summed E-state index contributed by atoms with van der Waals surface area (Å²) in [5.41, 5.74) is 0.983. The molecule has 0 aliphatic heterocycles. The van der Waals surface area contributed by atoms with Crippen molar-refractivity contribution in [1.82, 2.24) is 16.0 Å². The summed E-state index contributed by atoms with van der Waals surface area (Å²) in [4.78, 5) is 22.9. The van der Waals surface area contributed by atoms with Gasteiger partial charge in [-0.3, -0.25) is 4.79 Å². The fourth-order valence-corrected chi connectivity index (χ4v) is 2.23. The van der Waals surface area contributed by atoms with Crippen molar-refractivity contribution in [2.75, 3.05) is 7.05 Å². The molecule has 1 rings (SSSR count). The molecule has 0 aromatic heterocycles. The average Bonchev–Trinajstić information content (AvgIpc) is 2.37. The Kier molecular flexibility index (Phi) is 4.99. The Morgan fingerprint density at radius 1 is 0.952 bits per heavy atom. The maximum absolute atomic E-state index is 11.5. The summed E-state index contributed by atoms with van der Waals surface area (Å²) in [6, 6.07) is 7.64. The van der Waals surface area contributed by atoms with E-state index in [2.05, 4.69) is 16.0 Å². The van der Waals surface area contributed by atoms with Crippen LogP contribution in [-0.4, -0.2) is 19.0 Å². The van der Waals surface area contributed by atoms with Gasteiger partial charge in [0.05, 0.1) is 11.1 Å². The van der Waals surface area contributed by atoms with Gasteiger partial charge in [-0.05, 0) is 38.8 Å². The molecule has 116 valence electrons. The van der Waals surface area contributed by atoms with Gasteiger partial charge >= 0.3 is 6.03 Å². The lowest BCUT2D eigenvalue weighted by atomic mass is 9.87. The van der Waals surface area contributed by atoms with E-state index in [1.165, 1.54) is 6.92 Å². The van der Waals surface area contributed by atoms with Crippen LogP contribution in [-0.2, 0) is 15.9 Å². The minimum absolute atomic E-state index is 0.0758. The van der Waals surface area contributed by atoms with Gasteiger partial charge in [0.15, 0.2) is 0 Å². The van der Waals surface area contributed by atoms with Crippen molar-refractivity contribution < 1.29 is 9.59 Å². The number of carbonyl (C=O) groups excluding carboxylic acids is 2. The molecule has 0 aliphatic rings. The third-order valence-electron chi connectivity index (χ3n) is 3.45. The summed E-state index contributed by atoms with van der Waals surface area (Å²) in [6.45, 7) is 9.28. The van der Waals surface area contributed by atoms with Gasteiger partial charge < -0.3 is 16.0 Å². The van der Waals surface area contributed by atoms with E-state index < -0.39 is 11.1 Å². The lowest BCUT2D eigenvalue weighted by Gasteiger charge is -2.30. The summed E-state index contributed by atoms with van der Waals surface area (Å²) in [6.07, 6.45) is 0. The Morgan fingerprint density at radius 3 is 1.86 bits per heavy atom. The van der Waals surface area contributed by atoms with Gasteiger partial charge in [0.1, 0.15) is 0 Å². The molecule has 1 aromatic rings. The first-order valence-electron chi connectivity index (χ1n) is 6.98. The van der Waals surface area contributed by atoms with Crippen molar-refractivity contribution in [3.8, 4) is 0 Å². The highest BCUT2D eigenvalue weighted by Crippen LogP contribution is 2.26. The number of hydrogen-bond donors (Lipinski definition) is 3. The van der Waals surface area contributed by atoms with Crippen molar-refractivity contribution in [3.63, 3.8) is 0 Å². The second-order valence-electron chi connectivity index (χ2n) is 6.22. The largest absolute Gasteiger partial charge is 0.347 e. The number of benzene rings is 1. The molecule has 5 nitrogen and oxygen atoms in total. The Hall–Kier alpha value is -2.04. The summed E-state index contributed by atoms with van der Waals surface area (Å²) in [5, 5.41) is 8.39. The molecule has 0 heterocycles. The van der Waals surface area contributed by atoms with Crippen LogP contribution in [0.1, 0.15) is 45.7 Å². The van der Waals surface area contributed by atoms with Crippen LogP contribution in [0.2, 0.25) is 0 Å². The van der Waals surface area contributed by atoms with Crippen molar-refractivity contribution in [2.24, 2.45) is 0 Å². The van der Waals surface area contributed by atoms with Crippen molar-refractivity contribution in [1.29, 1.82) is 0 Å². The van der Waals surface area contributed by atoms with Crippen LogP contribution in [0.3, 0.4) is 0 Å². The minimum Gasteiger partial charge on any atom is -0.347 e. The van der Waals surface area contributed by atoms with E-state index in [1.807, 2.05) is 52.0 Å². The first-order valence-corrected chi connectivity index (χ1v) is 6.98. The second-order valence-corrected chi connectivity index (χ2v) is 6.22. The van der Waals surface area contributed by atoms with Gasteiger partial charge in [-0.2, -0.15) is 0 Å². The van der Waals surface area contributed by atoms with Crippen LogP contribution >= 0.6 is 0 Å². The zero-order valence-electron chi connectivity index (χ0n) is 13.6. The molecular weight excluding hydrogens is 266 g/mol. The third kappa shape index (κ3) is 4.48. The van der Waals surface area contributed by atoms with Crippen molar-refractivity contribution in [3.05, 3.63) is 35.4 Å². The molecule has 21 heavy (non-hydrogen) atoms. The molecule has 0 spiro atoms. The van der Waals surface area contributed by atoms with Crippen LogP contribution in [0, 0.1) is 0 Å². The number of carbonyl (C=O) groups is 2. The number of urea groups is 1. The van der Waals surface area contributed by atoms with Gasteiger partial charge in [-0.15, -0.1) is 0 Å². The Morgan fingerprint density at radius 2 is 1.43 bits per heavy atom. The molecule has 0 bridgehead atoms. The Bertz CT molecular complexity index is 536. The fraction of sp³-hybridized carbons (Fsp3) is 0.500. The first-order chi connectivity index (χ1) is 9.58. The zero-order valence-corrected chi connectivity index (χ0v) is 13.6. The topological polar surface area (TPSA) is 70.2 Å². The molecule has 1 aromatic carbocycles. The van der Waals surface area contributed by atoms with Gasteiger partial charge in [0.2, 0.25) is 5.91 Å². The summed E-state index contributed by atoms with van der Waals surface area (Å²) >= 11 is 0. The van der Waals surface area contributed by atoms with E-state index in [-0.39, 0.29) is 11.9 Å². The molecule has 0 saturated heterocycles. The maximum Gasteiger partial charge on any atom is 0.315 e. The molecule has 0 saturated carbocycles. The molecule has 0 atom stereocenters. The quantitative estimate of drug-likeness (QED) is 0.796. The van der Waals surface area contributed by atoms with Crippen LogP contribution in [0.15, 0.2) is 24.3 Å². The zero-order chi connectivity index (χ0) is 16.3. The minimum atomic E-state index is -0.512. The molecule has 0 aliphatic carbocycles. The lowest BCUT2D eigenvalue weighted by molar-refractivity contribution is -0.120. The van der Waals surface area contributed by atoms with Gasteiger partial charge in [-0.1, -0.05) is 24.3 Å². The molecule has 0 unspecified atom stereocenters. The second kappa shape index (κ2) is 6.16. The van der Waals surface area contributed by atoms with E-state index in [9.17, 15) is 9.59 Å². The molecule has 3 N–H and O–H groups in total. The number of amides is 3. The number of nitrogens with one attached hydrogen (secondary N) is 3. The van der Waals surface area contributed by atoms with Crippen LogP contribution < -0.4 is 16.0 Å². The SMILES string of the molecule is CNC(=O)NC(C)(C)c1cccc(C(C)(C)NC(C)=O)c1. The highest BCUT2D eigenvalue weighted by Gasteiger charge is 2.26. The molecule has 0 radical (unpaired) electrons. The molecule has 0 fully saturated rings. The highest BCUT2D eigenvalue weighted by atomic mass is 16.2. The number of rotatable bonds is 4. The van der Waals surface area contributed by atoms with E-state index in [0.29, 0.717) is 0 Å². The fourth-order valence-electron chi connectivity index (χ4n) is 2.23. The standard InChI is InChI=1S/C16H25N3O2/c1-11(20)18-15(2,3)12-8-7-9-13(10-12)16(4,5)19-14(21)17-6/h7-10H,1-6H3,(H,18,20)(H2,17,19,21). The van der Waals surface area contributed by atoms with E-state index in [1.54, 1.807) is 7.05 Å². The number of hydrogen-bond acceptors (Lipinski definition) is 2. The predicted octanol–water partition coefficient (Wildman–Crippen LogP) is 2.22. The van der Waals surface area contributed by atoms with Crippen LogP contribution in [0.4, 0.5) is 4.79 Å². The Balaban J connectivity index is 3.10. The predicted molar refractivity (Wildman–Crippen MR) is 83.9 cm³/mol. The van der Waals surface area contributed by atoms with E-state index in [4.69, 9.17) is 0 Å². The van der Waals surface area contributed by atoms with Gasteiger partial charge in [0.25, 0.3) is 0 Å². The normalized spacial score (nSPS) is 11.7. The maximum atomic E-state index is 11.5. The lowest BCUT2D eigenvalue weighted by Crippen LogP contribution is -2.45. The van der Waals surface area contributed by atoms with Gasteiger partial charge in [0, 0.05) is 14.0 Å². The first kappa shape index (κ1) is 17.0. The summed E-state index contributed by atoms with van der Waals surface area (Å²) in [5.74, 6) is -0.0758. The summed E-state index contributed by atoms with van der Waals surface area (Å²) < 4.78 is 0. The molecule has 3 amide bonds. The smallest absolute Gasteiger partial charge is 0.315 e. The monoisotopic (exact) mass is 291 g/mol. The average molecular weight is 291 g/mol. The van der Waals surface area contributed by atoms with Gasteiger partial charge in [-0.25, -0.2) is 4.79 Å². The Labute approximate surface area is 126 Å². The third-order valence-corrected chi connectivity index (χ3v) is 3.45. The highest BCUT2D eigenvalue weighted by molar-refractivity contribution is 5.75. The van der Waals surface area contributed by atoms with Crippen LogP contribution in [0.5, 0.6) is 0 Å². The molecular formula is C16H25N3O2. The van der Waals surface area contributed by atoms with Crippen LogP contribution in [0.25, 0.3) is 0 Å². The molecule has 5 heteroatoms. The summed E-state index contributed by atoms with van der Waals surface area (Å²) in [7, 11) is 1.59. The van der Waals surface area contributed by atoms with E-state index >= 15 is 0 Å². The van der Waals surface area contributed by atoms with Crippen molar-refractivity contribution in [2.45, 2.75) is 45.7 Å².